The molecule has 0 unspecified atom stereocenters. The minimum Gasteiger partial charge on any atom is -0.349 e. The molecule has 23 heavy (non-hydrogen) atoms. The Balaban J connectivity index is 1.66. The fourth-order valence-corrected chi connectivity index (χ4v) is 3.64. The molecule has 1 saturated carbocycles. The van der Waals surface area contributed by atoms with Crippen molar-refractivity contribution in [3.8, 4) is 0 Å². The second-order valence-corrected chi connectivity index (χ2v) is 7.32. The number of likely N-dealkylation sites (tertiary alicyclic amines) is 1. The van der Waals surface area contributed by atoms with E-state index >= 15 is 0 Å². The lowest BCUT2D eigenvalue weighted by molar-refractivity contribution is -0.140. The molecule has 1 aromatic carbocycles. The summed E-state index contributed by atoms with van der Waals surface area (Å²) >= 11 is 5.95. The fraction of sp³-hybridized carbons (Fsp3) is 0.556. The normalized spacial score (nSPS) is 20.2. The van der Waals surface area contributed by atoms with Gasteiger partial charge in [-0.15, -0.1) is 0 Å². The van der Waals surface area contributed by atoms with E-state index in [0.717, 1.165) is 31.2 Å². The van der Waals surface area contributed by atoms with Crippen LogP contribution in [-0.2, 0) is 15.0 Å². The highest BCUT2D eigenvalue weighted by Crippen LogP contribution is 2.50. The first-order valence-corrected chi connectivity index (χ1v) is 8.58. The Hall–Kier alpha value is -1.55. The number of hydrogen-bond donors (Lipinski definition) is 0. The van der Waals surface area contributed by atoms with Crippen LogP contribution < -0.4 is 0 Å². The number of halogens is 1. The second-order valence-electron chi connectivity index (χ2n) is 6.89. The van der Waals surface area contributed by atoms with E-state index in [-0.39, 0.29) is 23.1 Å². The zero-order valence-electron chi connectivity index (χ0n) is 13.7. The molecular formula is C18H23ClN2O2. The Kier molecular flexibility index (Phi) is 4.37. The average molecular weight is 335 g/mol. The van der Waals surface area contributed by atoms with Crippen LogP contribution in [0.3, 0.4) is 0 Å². The molecule has 2 amide bonds. The quantitative estimate of drug-likeness (QED) is 0.852. The number of nitrogens with zero attached hydrogens (tertiary/aromatic N) is 2. The summed E-state index contributed by atoms with van der Waals surface area (Å²) in [6.07, 6.45) is 3.34. The van der Waals surface area contributed by atoms with E-state index < -0.39 is 0 Å². The summed E-state index contributed by atoms with van der Waals surface area (Å²) in [5, 5.41) is 0.694. The third kappa shape index (κ3) is 3.09. The van der Waals surface area contributed by atoms with Gasteiger partial charge in [0, 0.05) is 38.1 Å². The summed E-state index contributed by atoms with van der Waals surface area (Å²) in [7, 11) is 3.58. The molecule has 2 aliphatic rings. The van der Waals surface area contributed by atoms with Crippen LogP contribution in [0.1, 0.15) is 31.2 Å². The molecule has 5 heteroatoms. The molecule has 1 saturated heterocycles. The van der Waals surface area contributed by atoms with Gasteiger partial charge in [-0.2, -0.15) is 0 Å². The van der Waals surface area contributed by atoms with Gasteiger partial charge in [-0.05, 0) is 43.4 Å². The molecule has 124 valence electrons. The van der Waals surface area contributed by atoms with E-state index in [0.29, 0.717) is 18.1 Å². The summed E-state index contributed by atoms with van der Waals surface area (Å²) in [4.78, 5) is 28.6. The van der Waals surface area contributed by atoms with Gasteiger partial charge in [0.2, 0.25) is 11.8 Å². The van der Waals surface area contributed by atoms with Crippen LogP contribution in [0.5, 0.6) is 0 Å². The lowest BCUT2D eigenvalue weighted by atomic mass is 9.91. The Morgan fingerprint density at radius 3 is 2.17 bits per heavy atom. The third-order valence-electron chi connectivity index (χ3n) is 5.13. The van der Waals surface area contributed by atoms with Crippen LogP contribution in [0.4, 0.5) is 0 Å². The Labute approximate surface area is 142 Å². The average Bonchev–Trinajstić information content (AvgIpc) is 3.36. The minimum atomic E-state index is -0.344. The van der Waals surface area contributed by atoms with Gasteiger partial charge < -0.3 is 9.80 Å². The van der Waals surface area contributed by atoms with Gasteiger partial charge >= 0.3 is 0 Å². The molecule has 0 atom stereocenters. The minimum absolute atomic E-state index is 0.0553. The molecule has 3 rings (SSSR count). The summed E-state index contributed by atoms with van der Waals surface area (Å²) < 4.78 is 0. The molecule has 0 bridgehead atoms. The van der Waals surface area contributed by atoms with Gasteiger partial charge in [0.05, 0.1) is 5.41 Å². The van der Waals surface area contributed by atoms with Crippen molar-refractivity contribution in [1.29, 1.82) is 0 Å². The fourth-order valence-electron chi connectivity index (χ4n) is 3.52. The largest absolute Gasteiger partial charge is 0.349 e. The van der Waals surface area contributed by atoms with Crippen LogP contribution in [0, 0.1) is 5.92 Å². The number of rotatable bonds is 3. The van der Waals surface area contributed by atoms with Gasteiger partial charge in [0.1, 0.15) is 0 Å². The second kappa shape index (κ2) is 6.16. The number of carbonyl (C=O) groups is 2. The lowest BCUT2D eigenvalue weighted by Gasteiger charge is -2.34. The van der Waals surface area contributed by atoms with E-state index in [4.69, 9.17) is 11.6 Å². The van der Waals surface area contributed by atoms with Crippen molar-refractivity contribution in [3.63, 3.8) is 0 Å². The first-order chi connectivity index (χ1) is 10.9. The number of benzene rings is 1. The Morgan fingerprint density at radius 1 is 1.13 bits per heavy atom. The molecule has 0 aromatic heterocycles. The monoisotopic (exact) mass is 334 g/mol. The highest BCUT2D eigenvalue weighted by Gasteiger charge is 2.53. The summed E-state index contributed by atoms with van der Waals surface area (Å²) in [6, 6.07) is 7.64. The number of amides is 2. The standard InChI is InChI=1S/C18H23ClN2O2/c1-20(2)16(22)13-7-11-21(12-8-13)17(23)18(9-10-18)14-3-5-15(19)6-4-14/h3-6,13H,7-12H2,1-2H3. The smallest absolute Gasteiger partial charge is 0.233 e. The molecule has 4 nitrogen and oxygen atoms in total. The zero-order valence-corrected chi connectivity index (χ0v) is 14.5. The molecule has 0 N–H and O–H groups in total. The van der Waals surface area contributed by atoms with E-state index in [1.54, 1.807) is 19.0 Å². The number of piperidine rings is 1. The van der Waals surface area contributed by atoms with Crippen molar-refractivity contribution in [1.82, 2.24) is 9.80 Å². The molecular weight excluding hydrogens is 312 g/mol. The molecule has 2 fully saturated rings. The zero-order chi connectivity index (χ0) is 16.6. The highest BCUT2D eigenvalue weighted by molar-refractivity contribution is 6.30. The van der Waals surface area contributed by atoms with E-state index in [1.165, 1.54) is 0 Å². The summed E-state index contributed by atoms with van der Waals surface area (Å²) in [6.45, 7) is 1.36. The molecule has 0 radical (unpaired) electrons. The van der Waals surface area contributed by atoms with Crippen molar-refractivity contribution in [3.05, 3.63) is 34.9 Å². The van der Waals surface area contributed by atoms with E-state index in [1.807, 2.05) is 29.2 Å². The first-order valence-electron chi connectivity index (χ1n) is 8.20. The van der Waals surface area contributed by atoms with Crippen molar-refractivity contribution in [2.24, 2.45) is 5.92 Å². The first kappa shape index (κ1) is 16.3. The highest BCUT2D eigenvalue weighted by atomic mass is 35.5. The molecule has 0 spiro atoms. The van der Waals surface area contributed by atoms with Crippen LogP contribution in [0.15, 0.2) is 24.3 Å². The SMILES string of the molecule is CN(C)C(=O)C1CCN(C(=O)C2(c3ccc(Cl)cc3)CC2)CC1. The Morgan fingerprint density at radius 2 is 1.70 bits per heavy atom. The summed E-state index contributed by atoms with van der Waals surface area (Å²) in [5.41, 5.74) is 0.724. The molecule has 1 aliphatic heterocycles. The van der Waals surface area contributed by atoms with Gasteiger partial charge in [-0.3, -0.25) is 9.59 Å². The Bertz CT molecular complexity index is 600. The van der Waals surface area contributed by atoms with Gasteiger partial charge in [-0.1, -0.05) is 23.7 Å². The van der Waals surface area contributed by atoms with Crippen LogP contribution in [0.2, 0.25) is 5.02 Å². The third-order valence-corrected chi connectivity index (χ3v) is 5.38. The predicted molar refractivity (Wildman–Crippen MR) is 90.4 cm³/mol. The lowest BCUT2D eigenvalue weighted by Crippen LogP contribution is -2.46. The molecule has 1 aromatic rings. The number of hydrogen-bond acceptors (Lipinski definition) is 2. The predicted octanol–water partition coefficient (Wildman–Crippen LogP) is 2.70. The van der Waals surface area contributed by atoms with Crippen molar-refractivity contribution < 1.29 is 9.59 Å². The van der Waals surface area contributed by atoms with Crippen molar-refractivity contribution in [2.45, 2.75) is 31.1 Å². The van der Waals surface area contributed by atoms with Crippen molar-refractivity contribution >= 4 is 23.4 Å². The maximum absolute atomic E-state index is 13.0. The van der Waals surface area contributed by atoms with Crippen LogP contribution >= 0.6 is 11.6 Å². The maximum atomic E-state index is 13.0. The van der Waals surface area contributed by atoms with E-state index in [2.05, 4.69) is 0 Å². The van der Waals surface area contributed by atoms with Crippen LogP contribution in [-0.4, -0.2) is 48.8 Å². The molecule has 1 aliphatic carbocycles. The summed E-state index contributed by atoms with van der Waals surface area (Å²) in [5.74, 6) is 0.450. The van der Waals surface area contributed by atoms with Crippen molar-refractivity contribution in [2.75, 3.05) is 27.2 Å². The topological polar surface area (TPSA) is 40.6 Å². The number of carbonyl (C=O) groups excluding carboxylic acids is 2. The van der Waals surface area contributed by atoms with Crippen LogP contribution in [0.25, 0.3) is 0 Å². The van der Waals surface area contributed by atoms with Gasteiger partial charge in [0.25, 0.3) is 0 Å². The maximum Gasteiger partial charge on any atom is 0.233 e. The van der Waals surface area contributed by atoms with E-state index in [9.17, 15) is 9.59 Å². The van der Waals surface area contributed by atoms with Gasteiger partial charge in [-0.25, -0.2) is 0 Å². The van der Waals surface area contributed by atoms with Gasteiger partial charge in [0.15, 0.2) is 0 Å². The molecule has 1 heterocycles.